The first-order chi connectivity index (χ1) is 12.8. The van der Waals surface area contributed by atoms with E-state index in [4.69, 9.17) is 14.2 Å². The Bertz CT molecular complexity index is 835. The topological polar surface area (TPSA) is 114 Å². The molecule has 0 saturated heterocycles. The van der Waals surface area contributed by atoms with Crippen molar-refractivity contribution in [3.05, 3.63) is 47.5 Å². The van der Waals surface area contributed by atoms with E-state index < -0.39 is 30.3 Å². The second-order valence-electron chi connectivity index (χ2n) is 5.67. The minimum absolute atomic E-state index is 0.150. The van der Waals surface area contributed by atoms with Gasteiger partial charge in [-0.3, -0.25) is 4.79 Å². The molecule has 1 unspecified atom stereocenters. The number of nitrogens with one attached hydrogen (secondary N) is 1. The van der Waals surface area contributed by atoms with Gasteiger partial charge in [0.25, 0.3) is 5.91 Å². The van der Waals surface area contributed by atoms with E-state index in [2.05, 4.69) is 5.32 Å². The number of hydrogen-bond acceptors (Lipinski definition) is 7. The molecule has 0 aliphatic rings. The van der Waals surface area contributed by atoms with Crippen LogP contribution in [0.4, 0.5) is 0 Å². The number of hydrogen-bond donors (Lipinski definition) is 3. The lowest BCUT2D eigenvalue weighted by Gasteiger charge is -2.18. The molecule has 0 spiro atoms. The van der Waals surface area contributed by atoms with Crippen molar-refractivity contribution in [1.82, 2.24) is 5.32 Å². The smallest absolute Gasteiger partial charge is 0.342 e. The Morgan fingerprint density at radius 2 is 1.81 bits per heavy atom. The third kappa shape index (κ3) is 5.04. The molecule has 2 rings (SSSR count). The predicted octanol–water partition coefficient (Wildman–Crippen LogP) is 2.15. The molecule has 0 radical (unpaired) electrons. The van der Waals surface area contributed by atoms with Gasteiger partial charge in [-0.15, -0.1) is 0 Å². The fourth-order valence-corrected chi connectivity index (χ4v) is 2.44. The van der Waals surface area contributed by atoms with Gasteiger partial charge in [0, 0.05) is 11.6 Å². The van der Waals surface area contributed by atoms with Gasteiger partial charge in [-0.25, -0.2) is 4.79 Å². The zero-order chi connectivity index (χ0) is 20.0. The van der Waals surface area contributed by atoms with Crippen molar-refractivity contribution >= 4 is 11.9 Å². The van der Waals surface area contributed by atoms with Crippen molar-refractivity contribution in [2.24, 2.45) is 0 Å². The largest absolute Gasteiger partial charge is 0.508 e. The molecular formula is C19H21NO7. The number of carbonyl (C=O) groups excluding carboxylic acids is 2. The first-order valence-electron chi connectivity index (χ1n) is 8.06. The number of methoxy groups -OCH3 is 2. The monoisotopic (exact) mass is 375 g/mol. The summed E-state index contributed by atoms with van der Waals surface area (Å²) >= 11 is 0. The number of amides is 1. The van der Waals surface area contributed by atoms with Gasteiger partial charge in [-0.2, -0.15) is 0 Å². The first kappa shape index (κ1) is 19.9. The maximum absolute atomic E-state index is 12.1. The van der Waals surface area contributed by atoms with E-state index in [1.165, 1.54) is 26.4 Å². The van der Waals surface area contributed by atoms with Gasteiger partial charge in [-0.1, -0.05) is 0 Å². The van der Waals surface area contributed by atoms with Crippen LogP contribution in [0.3, 0.4) is 0 Å². The van der Waals surface area contributed by atoms with E-state index in [0.29, 0.717) is 17.1 Å². The molecule has 0 aliphatic carbocycles. The van der Waals surface area contributed by atoms with Crippen LogP contribution < -0.4 is 14.8 Å². The number of carbonyl (C=O) groups is 2. The number of esters is 1. The minimum Gasteiger partial charge on any atom is -0.508 e. The van der Waals surface area contributed by atoms with Crippen LogP contribution in [-0.2, 0) is 9.53 Å². The maximum atomic E-state index is 12.1. The molecule has 0 fully saturated rings. The van der Waals surface area contributed by atoms with Gasteiger partial charge in [0.1, 0.15) is 28.6 Å². The van der Waals surface area contributed by atoms with Crippen LogP contribution in [0.1, 0.15) is 28.9 Å². The van der Waals surface area contributed by atoms with E-state index in [9.17, 15) is 19.8 Å². The second kappa shape index (κ2) is 8.79. The Morgan fingerprint density at radius 1 is 1.07 bits per heavy atom. The van der Waals surface area contributed by atoms with E-state index in [-0.39, 0.29) is 11.3 Å². The van der Waals surface area contributed by atoms with Crippen molar-refractivity contribution in [2.75, 3.05) is 20.8 Å². The summed E-state index contributed by atoms with van der Waals surface area (Å²) in [6.45, 7) is 1.22. The summed E-state index contributed by atoms with van der Waals surface area (Å²) in [6, 6.07) is 8.22. The molecule has 144 valence electrons. The van der Waals surface area contributed by atoms with E-state index in [0.717, 1.165) is 6.07 Å². The summed E-state index contributed by atoms with van der Waals surface area (Å²) in [5.41, 5.74) is 0.552. The Hall–Kier alpha value is -3.42. The van der Waals surface area contributed by atoms with Gasteiger partial charge >= 0.3 is 5.97 Å². The first-order valence-corrected chi connectivity index (χ1v) is 8.06. The van der Waals surface area contributed by atoms with Gasteiger partial charge < -0.3 is 29.7 Å². The normalized spacial score (nSPS) is 11.4. The van der Waals surface area contributed by atoms with Gasteiger partial charge in [0.15, 0.2) is 6.61 Å². The average Bonchev–Trinajstić information content (AvgIpc) is 2.65. The summed E-state index contributed by atoms with van der Waals surface area (Å²) in [5.74, 6) is -0.846. The highest BCUT2D eigenvalue weighted by atomic mass is 16.5. The fourth-order valence-electron chi connectivity index (χ4n) is 2.44. The Balaban J connectivity index is 1.98. The van der Waals surface area contributed by atoms with Gasteiger partial charge in [0.05, 0.1) is 20.3 Å². The number of benzene rings is 2. The molecule has 3 N–H and O–H groups in total. The number of ether oxygens (including phenoxy) is 3. The average molecular weight is 375 g/mol. The number of aromatic hydroxyl groups is 2. The minimum atomic E-state index is -0.880. The molecule has 2 aromatic carbocycles. The Kier molecular flexibility index (Phi) is 6.48. The Labute approximate surface area is 156 Å². The third-order valence-corrected chi connectivity index (χ3v) is 3.82. The van der Waals surface area contributed by atoms with Crippen LogP contribution in [0.5, 0.6) is 23.0 Å². The molecule has 8 nitrogen and oxygen atoms in total. The van der Waals surface area contributed by atoms with E-state index >= 15 is 0 Å². The standard InChI is InChI=1S/C19H21NO7/c1-11(15-9-13(25-2)5-7-17(15)26-3)20-18(23)10-27-19(24)14-6-4-12(21)8-16(14)22/h4-9,11,21-22H,10H2,1-3H3,(H,20,23). The highest BCUT2D eigenvalue weighted by molar-refractivity contribution is 5.94. The molecule has 8 heteroatoms. The lowest BCUT2D eigenvalue weighted by molar-refractivity contribution is -0.124. The van der Waals surface area contributed by atoms with E-state index in [1.807, 2.05) is 0 Å². The predicted molar refractivity (Wildman–Crippen MR) is 96.2 cm³/mol. The third-order valence-electron chi connectivity index (χ3n) is 3.82. The molecule has 1 atom stereocenters. The SMILES string of the molecule is COc1ccc(OC)c(C(C)NC(=O)COC(=O)c2ccc(O)cc2O)c1. The molecular weight excluding hydrogens is 354 g/mol. The van der Waals surface area contributed by atoms with Crippen molar-refractivity contribution < 1.29 is 34.0 Å². The van der Waals surface area contributed by atoms with Crippen LogP contribution in [0.25, 0.3) is 0 Å². The summed E-state index contributed by atoms with van der Waals surface area (Å²) in [6.07, 6.45) is 0. The van der Waals surface area contributed by atoms with Crippen molar-refractivity contribution in [1.29, 1.82) is 0 Å². The Morgan fingerprint density at radius 3 is 2.44 bits per heavy atom. The van der Waals surface area contributed by atoms with Crippen LogP contribution in [0.2, 0.25) is 0 Å². The number of rotatable bonds is 7. The van der Waals surface area contributed by atoms with E-state index in [1.54, 1.807) is 25.1 Å². The molecule has 0 saturated carbocycles. The molecule has 1 amide bonds. The van der Waals surface area contributed by atoms with Crippen molar-refractivity contribution in [3.8, 4) is 23.0 Å². The zero-order valence-corrected chi connectivity index (χ0v) is 15.2. The van der Waals surface area contributed by atoms with Crippen molar-refractivity contribution in [2.45, 2.75) is 13.0 Å². The highest BCUT2D eigenvalue weighted by Crippen LogP contribution is 2.29. The van der Waals surface area contributed by atoms with Crippen LogP contribution >= 0.6 is 0 Å². The number of phenolic OH excluding ortho intramolecular Hbond substituents is 2. The molecule has 0 heterocycles. The molecule has 0 bridgehead atoms. The summed E-state index contributed by atoms with van der Waals surface area (Å²) in [7, 11) is 3.05. The lowest BCUT2D eigenvalue weighted by atomic mass is 10.1. The van der Waals surface area contributed by atoms with Crippen LogP contribution in [-0.4, -0.2) is 42.9 Å². The second-order valence-corrected chi connectivity index (χ2v) is 5.67. The van der Waals surface area contributed by atoms with Crippen molar-refractivity contribution in [3.63, 3.8) is 0 Å². The van der Waals surface area contributed by atoms with Gasteiger partial charge in [-0.05, 0) is 37.3 Å². The molecule has 0 aromatic heterocycles. The fraction of sp³-hybridized carbons (Fsp3) is 0.263. The van der Waals surface area contributed by atoms with Crippen LogP contribution in [0.15, 0.2) is 36.4 Å². The summed E-state index contributed by atoms with van der Waals surface area (Å²) in [4.78, 5) is 24.0. The molecule has 2 aromatic rings. The van der Waals surface area contributed by atoms with Gasteiger partial charge in [0.2, 0.25) is 0 Å². The number of phenols is 2. The molecule has 0 aliphatic heterocycles. The summed E-state index contributed by atoms with van der Waals surface area (Å²) < 4.78 is 15.4. The summed E-state index contributed by atoms with van der Waals surface area (Å²) in [5, 5.41) is 21.6. The van der Waals surface area contributed by atoms with Crippen LogP contribution in [0, 0.1) is 0 Å². The lowest BCUT2D eigenvalue weighted by Crippen LogP contribution is -2.31. The highest BCUT2D eigenvalue weighted by Gasteiger charge is 2.18. The quantitative estimate of drug-likeness (QED) is 0.635. The maximum Gasteiger partial charge on any atom is 0.342 e. The molecule has 27 heavy (non-hydrogen) atoms. The zero-order valence-electron chi connectivity index (χ0n) is 15.2.